The van der Waals surface area contributed by atoms with Crippen LogP contribution in [0.2, 0.25) is 5.02 Å². The third-order valence-electron chi connectivity index (χ3n) is 2.30. The van der Waals surface area contributed by atoms with Crippen molar-refractivity contribution in [2.24, 2.45) is 0 Å². The minimum absolute atomic E-state index is 0.244. The predicted octanol–water partition coefficient (Wildman–Crippen LogP) is 1.71. The summed E-state index contributed by atoms with van der Waals surface area (Å²) in [4.78, 5) is 14.5. The van der Waals surface area contributed by atoms with Crippen LogP contribution >= 0.6 is 11.6 Å². The molecule has 2 aromatic rings. The molecule has 0 saturated carbocycles. The fourth-order valence-electron chi connectivity index (χ4n) is 1.59. The minimum atomic E-state index is -3.96. The number of aromatic nitrogens is 1. The highest BCUT2D eigenvalue weighted by Crippen LogP contribution is 2.28. The second-order valence-electron chi connectivity index (χ2n) is 3.75. The van der Waals surface area contributed by atoms with Crippen LogP contribution < -0.4 is 4.72 Å². The Labute approximate surface area is 114 Å². The largest absolute Gasteiger partial charge is 0.480 e. The average Bonchev–Trinajstić information content (AvgIpc) is 2.31. The number of nitrogens with zero attached hydrogens (tertiary/aromatic N) is 1. The van der Waals surface area contributed by atoms with Gasteiger partial charge in [0.1, 0.15) is 0 Å². The first-order valence-corrected chi connectivity index (χ1v) is 7.17. The summed E-state index contributed by atoms with van der Waals surface area (Å²) >= 11 is 5.95. The van der Waals surface area contributed by atoms with E-state index >= 15 is 0 Å². The Hall–Kier alpha value is -1.86. The van der Waals surface area contributed by atoms with Gasteiger partial charge in [-0.25, -0.2) is 8.42 Å². The van der Waals surface area contributed by atoms with E-state index in [1.54, 1.807) is 12.1 Å². The van der Waals surface area contributed by atoms with Crippen molar-refractivity contribution in [2.75, 3.05) is 10.5 Å². The van der Waals surface area contributed by atoms with Crippen LogP contribution in [0.1, 0.15) is 0 Å². The molecule has 2 rings (SSSR count). The molecule has 0 radical (unpaired) electrons. The summed E-state index contributed by atoms with van der Waals surface area (Å²) in [6.45, 7) is 0. The molecule has 6 nitrogen and oxygen atoms in total. The highest BCUT2D eigenvalue weighted by atomic mass is 35.5. The maximum Gasteiger partial charge on any atom is 0.320 e. The first-order chi connectivity index (χ1) is 8.89. The molecule has 2 N–H and O–H groups in total. The molecule has 0 amide bonds. The Kier molecular flexibility index (Phi) is 3.59. The molecule has 19 heavy (non-hydrogen) atoms. The van der Waals surface area contributed by atoms with Gasteiger partial charge in [0.05, 0.1) is 16.2 Å². The van der Waals surface area contributed by atoms with Gasteiger partial charge < -0.3 is 5.11 Å². The van der Waals surface area contributed by atoms with Gasteiger partial charge in [0, 0.05) is 11.6 Å². The maximum absolute atomic E-state index is 11.6. The van der Waals surface area contributed by atoms with Gasteiger partial charge in [0.25, 0.3) is 0 Å². The molecule has 0 spiro atoms. The highest BCUT2D eigenvalue weighted by Gasteiger charge is 2.17. The van der Waals surface area contributed by atoms with Crippen LogP contribution in [-0.2, 0) is 14.8 Å². The van der Waals surface area contributed by atoms with Gasteiger partial charge >= 0.3 is 5.97 Å². The van der Waals surface area contributed by atoms with Crippen molar-refractivity contribution in [3.05, 3.63) is 35.5 Å². The molecule has 1 aromatic carbocycles. The van der Waals surface area contributed by atoms with Gasteiger partial charge in [0.2, 0.25) is 10.0 Å². The van der Waals surface area contributed by atoms with Crippen molar-refractivity contribution in [2.45, 2.75) is 0 Å². The van der Waals surface area contributed by atoms with E-state index in [2.05, 4.69) is 9.71 Å². The molecule has 1 aromatic heterocycles. The number of sulfonamides is 1. The van der Waals surface area contributed by atoms with Crippen LogP contribution in [-0.4, -0.2) is 30.2 Å². The van der Waals surface area contributed by atoms with E-state index in [4.69, 9.17) is 16.7 Å². The van der Waals surface area contributed by atoms with Gasteiger partial charge in [0.15, 0.2) is 5.75 Å². The second-order valence-corrected chi connectivity index (χ2v) is 5.88. The first kappa shape index (κ1) is 13.6. The Morgan fingerprint density at radius 2 is 2.11 bits per heavy atom. The number of hydrogen-bond acceptors (Lipinski definition) is 4. The average molecular weight is 301 g/mol. The number of carboxylic acids is 1. The van der Waals surface area contributed by atoms with Gasteiger partial charge in [-0.15, -0.1) is 0 Å². The molecule has 0 saturated heterocycles. The smallest absolute Gasteiger partial charge is 0.320 e. The monoisotopic (exact) mass is 300 g/mol. The first-order valence-electron chi connectivity index (χ1n) is 5.14. The Morgan fingerprint density at radius 1 is 1.37 bits per heavy atom. The molecule has 100 valence electrons. The third-order valence-corrected chi connectivity index (χ3v) is 3.76. The van der Waals surface area contributed by atoms with Crippen molar-refractivity contribution >= 4 is 44.2 Å². The third kappa shape index (κ3) is 3.12. The minimum Gasteiger partial charge on any atom is -0.480 e. The van der Waals surface area contributed by atoms with Crippen LogP contribution in [0.3, 0.4) is 0 Å². The second kappa shape index (κ2) is 5.02. The number of fused-ring (bicyclic) bond motifs is 1. The number of nitrogens with one attached hydrogen (secondary N) is 1. The van der Waals surface area contributed by atoms with Gasteiger partial charge in [-0.2, -0.15) is 0 Å². The number of carbonyl (C=O) groups is 1. The normalized spacial score (nSPS) is 11.4. The summed E-state index contributed by atoms with van der Waals surface area (Å²) < 4.78 is 25.4. The fourth-order valence-corrected chi connectivity index (χ4v) is 2.72. The summed E-state index contributed by atoms with van der Waals surface area (Å²) in [5.41, 5.74) is 0.688. The van der Waals surface area contributed by atoms with E-state index in [0.29, 0.717) is 15.9 Å². The van der Waals surface area contributed by atoms with Crippen LogP contribution in [0.4, 0.5) is 5.69 Å². The van der Waals surface area contributed by atoms with Crippen molar-refractivity contribution < 1.29 is 18.3 Å². The van der Waals surface area contributed by atoms with E-state index in [-0.39, 0.29) is 5.69 Å². The standard InChI is InChI=1S/C11H9ClN2O4S/c12-8-3-4-9(7-2-1-5-13-11(7)8)14-19(17,18)6-10(15)16/h1-5,14H,6H2,(H,15,16). The number of halogens is 1. The molecule has 0 aliphatic rings. The molecule has 8 heteroatoms. The lowest BCUT2D eigenvalue weighted by Crippen LogP contribution is -2.22. The van der Waals surface area contributed by atoms with Crippen LogP contribution in [0, 0.1) is 0 Å². The van der Waals surface area contributed by atoms with E-state index < -0.39 is 21.7 Å². The van der Waals surface area contributed by atoms with E-state index in [1.807, 2.05) is 0 Å². The van der Waals surface area contributed by atoms with E-state index in [0.717, 1.165) is 0 Å². The molecular weight excluding hydrogens is 292 g/mol. The van der Waals surface area contributed by atoms with Crippen molar-refractivity contribution in [1.29, 1.82) is 0 Å². The lowest BCUT2D eigenvalue weighted by Gasteiger charge is -2.09. The lowest BCUT2D eigenvalue weighted by molar-refractivity contribution is -0.134. The van der Waals surface area contributed by atoms with Gasteiger partial charge in [-0.3, -0.25) is 14.5 Å². The number of aliphatic carboxylic acids is 1. The predicted molar refractivity (Wildman–Crippen MR) is 71.8 cm³/mol. The molecule has 0 aliphatic carbocycles. The zero-order valence-corrected chi connectivity index (χ0v) is 11.1. The SMILES string of the molecule is O=C(O)CS(=O)(=O)Nc1ccc(Cl)c2ncccc12. The maximum atomic E-state index is 11.6. The Bertz CT molecular complexity index is 745. The zero-order valence-electron chi connectivity index (χ0n) is 9.50. The van der Waals surface area contributed by atoms with Crippen LogP contribution in [0.25, 0.3) is 10.9 Å². The zero-order chi connectivity index (χ0) is 14.0. The summed E-state index contributed by atoms with van der Waals surface area (Å²) in [6, 6.07) is 6.24. The van der Waals surface area contributed by atoms with Crippen LogP contribution in [0.15, 0.2) is 30.5 Å². The highest BCUT2D eigenvalue weighted by molar-refractivity contribution is 7.93. The summed E-state index contributed by atoms with van der Waals surface area (Å²) in [6.07, 6.45) is 1.53. The number of rotatable bonds is 4. The summed E-state index contributed by atoms with van der Waals surface area (Å²) in [5, 5.41) is 9.42. The molecular formula is C11H9ClN2O4S. The van der Waals surface area contributed by atoms with E-state index in [9.17, 15) is 13.2 Å². The quantitative estimate of drug-likeness (QED) is 0.896. The topological polar surface area (TPSA) is 96.4 Å². The molecule has 0 aliphatic heterocycles. The summed E-state index contributed by atoms with van der Waals surface area (Å²) in [5.74, 6) is -2.43. The van der Waals surface area contributed by atoms with Gasteiger partial charge in [-0.1, -0.05) is 11.6 Å². The number of anilines is 1. The molecule has 1 heterocycles. The number of carboxylic acid groups (broad SMARTS) is 1. The Balaban J connectivity index is 2.47. The van der Waals surface area contributed by atoms with Gasteiger partial charge in [-0.05, 0) is 24.3 Å². The number of hydrogen-bond donors (Lipinski definition) is 2. The van der Waals surface area contributed by atoms with Crippen molar-refractivity contribution in [3.63, 3.8) is 0 Å². The molecule has 0 unspecified atom stereocenters. The molecule has 0 atom stereocenters. The number of pyridine rings is 1. The van der Waals surface area contributed by atoms with Crippen molar-refractivity contribution in [3.8, 4) is 0 Å². The fraction of sp³-hybridized carbons (Fsp3) is 0.0909. The summed E-state index contributed by atoms with van der Waals surface area (Å²) in [7, 11) is -3.96. The lowest BCUT2D eigenvalue weighted by atomic mass is 10.2. The van der Waals surface area contributed by atoms with Crippen LogP contribution in [0.5, 0.6) is 0 Å². The molecule has 0 bridgehead atoms. The molecule has 0 fully saturated rings. The van der Waals surface area contributed by atoms with Crippen molar-refractivity contribution in [1.82, 2.24) is 4.98 Å². The Morgan fingerprint density at radius 3 is 2.79 bits per heavy atom. The van der Waals surface area contributed by atoms with E-state index in [1.165, 1.54) is 18.3 Å². The number of benzene rings is 1.